The van der Waals surface area contributed by atoms with Crippen molar-refractivity contribution in [2.45, 2.75) is 38.5 Å². The normalized spacial score (nSPS) is 12.1. The molecule has 1 rings (SSSR count). The first-order valence-corrected chi connectivity index (χ1v) is 7.47. The summed E-state index contributed by atoms with van der Waals surface area (Å²) < 4.78 is 2.12. The molecule has 0 saturated heterocycles. The Labute approximate surface area is 113 Å². The number of rotatable bonds is 6. The standard InChI is InChI=1S/C12H22ClN3S/c1-6-9-11(13)10(16(4)15-9)7-14-8-12(2,3)17-5/h14H,6-8H2,1-5H3. The Morgan fingerprint density at radius 2 is 2.12 bits per heavy atom. The molecule has 0 bridgehead atoms. The third kappa shape index (κ3) is 3.90. The zero-order chi connectivity index (χ0) is 13.1. The highest BCUT2D eigenvalue weighted by Crippen LogP contribution is 2.22. The van der Waals surface area contributed by atoms with Gasteiger partial charge < -0.3 is 5.32 Å². The van der Waals surface area contributed by atoms with E-state index in [2.05, 4.69) is 37.4 Å². The first kappa shape index (κ1) is 14.9. The highest BCUT2D eigenvalue weighted by Gasteiger charge is 2.17. The summed E-state index contributed by atoms with van der Waals surface area (Å²) in [5.41, 5.74) is 2.05. The lowest BCUT2D eigenvalue weighted by molar-refractivity contribution is 0.567. The monoisotopic (exact) mass is 275 g/mol. The van der Waals surface area contributed by atoms with Gasteiger partial charge in [-0.05, 0) is 26.5 Å². The summed E-state index contributed by atoms with van der Waals surface area (Å²) >= 11 is 8.15. The van der Waals surface area contributed by atoms with Gasteiger partial charge in [-0.25, -0.2) is 0 Å². The van der Waals surface area contributed by atoms with Crippen LogP contribution in [-0.4, -0.2) is 27.3 Å². The molecule has 0 aromatic carbocycles. The second-order valence-corrected chi connectivity index (χ2v) is 6.64. The third-order valence-electron chi connectivity index (χ3n) is 2.90. The number of halogens is 1. The molecule has 0 aliphatic heterocycles. The lowest BCUT2D eigenvalue weighted by Gasteiger charge is -2.22. The Balaban J connectivity index is 2.61. The molecule has 0 aliphatic rings. The average molecular weight is 276 g/mol. The summed E-state index contributed by atoms with van der Waals surface area (Å²) in [6, 6.07) is 0. The van der Waals surface area contributed by atoms with Crippen LogP contribution in [0.15, 0.2) is 0 Å². The Bertz CT molecular complexity index is 374. The van der Waals surface area contributed by atoms with E-state index >= 15 is 0 Å². The van der Waals surface area contributed by atoms with E-state index in [4.69, 9.17) is 11.6 Å². The molecule has 0 atom stereocenters. The van der Waals surface area contributed by atoms with Crippen LogP contribution < -0.4 is 5.32 Å². The van der Waals surface area contributed by atoms with Crippen LogP contribution in [0.25, 0.3) is 0 Å². The molecule has 0 saturated carbocycles. The maximum Gasteiger partial charge on any atom is 0.0863 e. The van der Waals surface area contributed by atoms with E-state index in [0.717, 1.165) is 35.9 Å². The molecule has 17 heavy (non-hydrogen) atoms. The molecule has 0 aliphatic carbocycles. The third-order valence-corrected chi connectivity index (χ3v) is 4.58. The average Bonchev–Trinajstić information content (AvgIpc) is 2.56. The van der Waals surface area contributed by atoms with Crippen molar-refractivity contribution in [1.29, 1.82) is 0 Å². The number of nitrogens with one attached hydrogen (secondary N) is 1. The van der Waals surface area contributed by atoms with Crippen LogP contribution in [-0.2, 0) is 20.0 Å². The summed E-state index contributed by atoms with van der Waals surface area (Å²) in [5.74, 6) is 0. The molecule has 1 aromatic heterocycles. The van der Waals surface area contributed by atoms with Gasteiger partial charge in [0.25, 0.3) is 0 Å². The van der Waals surface area contributed by atoms with Gasteiger partial charge in [-0.1, -0.05) is 18.5 Å². The summed E-state index contributed by atoms with van der Waals surface area (Å²) in [6.07, 6.45) is 3.01. The topological polar surface area (TPSA) is 29.9 Å². The Morgan fingerprint density at radius 3 is 2.59 bits per heavy atom. The maximum atomic E-state index is 6.29. The minimum atomic E-state index is 0.249. The van der Waals surface area contributed by atoms with E-state index in [1.54, 1.807) is 0 Å². The zero-order valence-corrected chi connectivity index (χ0v) is 12.9. The van der Waals surface area contributed by atoms with E-state index in [1.807, 2.05) is 23.5 Å². The molecular weight excluding hydrogens is 254 g/mol. The molecule has 1 heterocycles. The molecule has 1 aromatic rings. The van der Waals surface area contributed by atoms with Gasteiger partial charge in [0.05, 0.1) is 16.4 Å². The van der Waals surface area contributed by atoms with Gasteiger partial charge in [0.15, 0.2) is 0 Å². The van der Waals surface area contributed by atoms with Gasteiger partial charge >= 0.3 is 0 Å². The minimum Gasteiger partial charge on any atom is -0.310 e. The molecule has 0 amide bonds. The van der Waals surface area contributed by atoms with Crippen molar-refractivity contribution in [2.24, 2.45) is 7.05 Å². The second-order valence-electron chi connectivity index (χ2n) is 4.75. The first-order valence-electron chi connectivity index (χ1n) is 5.87. The second kappa shape index (κ2) is 6.12. The van der Waals surface area contributed by atoms with Crippen molar-refractivity contribution < 1.29 is 0 Å². The predicted octanol–water partition coefficient (Wildman–Crippen LogP) is 2.87. The summed E-state index contributed by atoms with van der Waals surface area (Å²) in [4.78, 5) is 0. The molecule has 1 N–H and O–H groups in total. The number of hydrogen-bond acceptors (Lipinski definition) is 3. The fraction of sp³-hybridized carbons (Fsp3) is 0.750. The molecular formula is C12H22ClN3S. The van der Waals surface area contributed by atoms with Crippen LogP contribution in [0.4, 0.5) is 0 Å². The number of thioether (sulfide) groups is 1. The van der Waals surface area contributed by atoms with Crippen LogP contribution in [0.3, 0.4) is 0 Å². The van der Waals surface area contributed by atoms with Crippen molar-refractivity contribution in [3.05, 3.63) is 16.4 Å². The highest BCUT2D eigenvalue weighted by atomic mass is 35.5. The molecule has 0 fully saturated rings. The van der Waals surface area contributed by atoms with Crippen molar-refractivity contribution in [2.75, 3.05) is 12.8 Å². The van der Waals surface area contributed by atoms with Gasteiger partial charge in [0.2, 0.25) is 0 Å². The molecule has 98 valence electrons. The Hall–Kier alpha value is -0.190. The smallest absolute Gasteiger partial charge is 0.0863 e. The fourth-order valence-corrected chi connectivity index (χ4v) is 2.17. The van der Waals surface area contributed by atoms with E-state index in [-0.39, 0.29) is 4.75 Å². The molecule has 3 nitrogen and oxygen atoms in total. The lowest BCUT2D eigenvalue weighted by atomic mass is 10.2. The van der Waals surface area contributed by atoms with Crippen LogP contribution in [0.2, 0.25) is 5.02 Å². The molecule has 0 spiro atoms. The number of hydrogen-bond donors (Lipinski definition) is 1. The summed E-state index contributed by atoms with van der Waals surface area (Å²) in [6.45, 7) is 8.26. The highest BCUT2D eigenvalue weighted by molar-refractivity contribution is 7.99. The number of aryl methyl sites for hydroxylation is 2. The fourth-order valence-electron chi connectivity index (χ4n) is 1.57. The van der Waals surface area contributed by atoms with Crippen LogP contribution in [0, 0.1) is 0 Å². The molecule has 5 heteroatoms. The minimum absolute atomic E-state index is 0.249. The summed E-state index contributed by atoms with van der Waals surface area (Å²) in [7, 11) is 1.95. The predicted molar refractivity (Wildman–Crippen MR) is 76.9 cm³/mol. The summed E-state index contributed by atoms with van der Waals surface area (Å²) in [5, 5.41) is 8.66. The van der Waals surface area contributed by atoms with Gasteiger partial charge in [0.1, 0.15) is 0 Å². The number of nitrogens with zero attached hydrogens (tertiary/aromatic N) is 2. The van der Waals surface area contributed by atoms with Crippen molar-refractivity contribution in [3.8, 4) is 0 Å². The first-order chi connectivity index (χ1) is 7.91. The van der Waals surface area contributed by atoms with E-state index in [9.17, 15) is 0 Å². The van der Waals surface area contributed by atoms with E-state index in [0.29, 0.717) is 0 Å². The lowest BCUT2D eigenvalue weighted by Crippen LogP contribution is -2.32. The van der Waals surface area contributed by atoms with Gasteiger partial charge in [0, 0.05) is 24.9 Å². The van der Waals surface area contributed by atoms with Crippen LogP contribution >= 0.6 is 23.4 Å². The number of aromatic nitrogens is 2. The Kier molecular flexibility index (Phi) is 5.35. The van der Waals surface area contributed by atoms with Crippen molar-refractivity contribution in [1.82, 2.24) is 15.1 Å². The van der Waals surface area contributed by atoms with E-state index in [1.165, 1.54) is 0 Å². The maximum absolute atomic E-state index is 6.29. The largest absolute Gasteiger partial charge is 0.310 e. The zero-order valence-electron chi connectivity index (χ0n) is 11.3. The van der Waals surface area contributed by atoms with Crippen LogP contribution in [0.5, 0.6) is 0 Å². The van der Waals surface area contributed by atoms with Gasteiger partial charge in [-0.3, -0.25) is 4.68 Å². The quantitative estimate of drug-likeness (QED) is 0.866. The van der Waals surface area contributed by atoms with Crippen LogP contribution in [0.1, 0.15) is 32.2 Å². The molecule has 0 unspecified atom stereocenters. The van der Waals surface area contributed by atoms with Crippen molar-refractivity contribution >= 4 is 23.4 Å². The van der Waals surface area contributed by atoms with E-state index < -0.39 is 0 Å². The SMILES string of the molecule is CCc1nn(C)c(CNCC(C)(C)SC)c1Cl. The van der Waals surface area contributed by atoms with Gasteiger partial charge in [-0.15, -0.1) is 0 Å². The Morgan fingerprint density at radius 1 is 1.47 bits per heavy atom. The van der Waals surface area contributed by atoms with Gasteiger partial charge in [-0.2, -0.15) is 16.9 Å². The molecule has 0 radical (unpaired) electrons. The van der Waals surface area contributed by atoms with Crippen molar-refractivity contribution in [3.63, 3.8) is 0 Å².